The van der Waals surface area contributed by atoms with Crippen LogP contribution in [0.15, 0.2) is 146 Å². The molecule has 0 bridgehead atoms. The van der Waals surface area contributed by atoms with Crippen LogP contribution in [0.4, 0.5) is 0 Å². The van der Waals surface area contributed by atoms with Crippen LogP contribution >= 0.6 is 0 Å². The average molecular weight is 619 g/mol. The van der Waals surface area contributed by atoms with E-state index in [-0.39, 0.29) is 6.19 Å². The summed E-state index contributed by atoms with van der Waals surface area (Å²) in [6, 6.07) is 56.0. The van der Waals surface area contributed by atoms with E-state index in [4.69, 9.17) is 0 Å². The predicted molar refractivity (Wildman–Crippen MR) is 186 cm³/mol. The first-order chi connectivity index (χ1) is 21.4. The molecule has 0 saturated heterocycles. The zero-order valence-corrected chi connectivity index (χ0v) is 28.2. The first-order valence-corrected chi connectivity index (χ1v) is 19.7. The van der Waals surface area contributed by atoms with Gasteiger partial charge in [0, 0.05) is 0 Å². The maximum Gasteiger partial charge on any atom is -0.0253 e. The van der Waals surface area contributed by atoms with Crippen molar-refractivity contribution in [3.63, 3.8) is 0 Å². The van der Waals surface area contributed by atoms with Crippen molar-refractivity contribution in [1.82, 2.24) is 0 Å². The molecule has 2 aliphatic rings. The summed E-state index contributed by atoms with van der Waals surface area (Å²) >= 11 is 2.27. The Kier molecular flexibility index (Phi) is 13.0. The molecular weight excluding hydrogens is 580 g/mol. The van der Waals surface area contributed by atoms with Crippen LogP contribution in [0.2, 0.25) is 13.1 Å². The molecule has 0 nitrogen and oxygen atoms in total. The van der Waals surface area contributed by atoms with Crippen LogP contribution in [0.1, 0.15) is 33.4 Å². The molecule has 0 radical (unpaired) electrons. The van der Waals surface area contributed by atoms with Crippen LogP contribution in [0.25, 0.3) is 22.3 Å². The smallest absolute Gasteiger partial charge is 0.0253 e. The second-order valence-corrected chi connectivity index (χ2v) is 17.4. The number of hydrogen-bond donors (Lipinski definition) is 0. The molecule has 0 unspecified atom stereocenters. The van der Waals surface area contributed by atoms with E-state index in [0.717, 1.165) is 24.0 Å². The van der Waals surface area contributed by atoms with Gasteiger partial charge in [0.2, 0.25) is 0 Å². The van der Waals surface area contributed by atoms with Crippen molar-refractivity contribution in [1.29, 1.82) is 0 Å². The van der Waals surface area contributed by atoms with E-state index >= 15 is 0 Å². The van der Waals surface area contributed by atoms with E-state index in [1.165, 1.54) is 44.5 Å². The van der Waals surface area contributed by atoms with Crippen molar-refractivity contribution in [2.24, 2.45) is 0 Å². The van der Waals surface area contributed by atoms with E-state index in [9.17, 15) is 0 Å². The van der Waals surface area contributed by atoms with Crippen LogP contribution in [-0.2, 0) is 32.0 Å². The summed E-state index contributed by atoms with van der Waals surface area (Å²) in [4.78, 5) is 0. The molecular formula is C42H38SiTi-4. The Labute approximate surface area is 277 Å². The van der Waals surface area contributed by atoms with E-state index in [2.05, 4.69) is 131 Å². The minimum Gasteiger partial charge on any atom is -0.199 e. The molecule has 0 spiro atoms. The number of hydrogen-bond acceptors (Lipinski definition) is 0. The van der Waals surface area contributed by atoms with Gasteiger partial charge in [0.1, 0.15) is 0 Å². The molecule has 8 rings (SSSR count). The molecule has 2 aliphatic carbocycles. The van der Waals surface area contributed by atoms with E-state index < -0.39 is 0 Å². The van der Waals surface area contributed by atoms with Crippen LogP contribution in [0.3, 0.4) is 0 Å². The quantitative estimate of drug-likeness (QED) is 0.117. The van der Waals surface area contributed by atoms with Gasteiger partial charge in [-0.25, -0.2) is 0 Å². The molecule has 0 fully saturated rings. The standard InChI is InChI=1S/2C13H9.2C7H7.C2H6Si.Ti/c2*1-3-7-12-10(5-1)9-11-6-2-4-8-13(11)12;2*1-7-5-3-2-4-6-7;1-3-2;/h2*1-5,7-8H,9H2;2*2-6H,1H2;1-2H3;/q4*-1;;. The van der Waals surface area contributed by atoms with Gasteiger partial charge in [0.15, 0.2) is 0 Å². The number of rotatable bonds is 0. The van der Waals surface area contributed by atoms with Crippen molar-refractivity contribution in [2.75, 3.05) is 0 Å². The second-order valence-electron chi connectivity index (χ2n) is 10.8. The maximum atomic E-state index is 3.72. The molecule has 0 atom stereocenters. The Balaban J connectivity index is 0.000000134. The summed E-state index contributed by atoms with van der Waals surface area (Å²) in [6.45, 7) is 12.0. The van der Waals surface area contributed by atoms with Gasteiger partial charge in [0.05, 0.1) is 0 Å². The zero-order valence-electron chi connectivity index (χ0n) is 25.7. The van der Waals surface area contributed by atoms with E-state index in [1.807, 2.05) is 72.8 Å². The SMILES string of the molecule is C[Si](C)=[Ti].[CH2-]c1ccccc1.[CH2-]c1ccccc1.[c-]1cccc2c1Cc1ccccc1-2.[c-]1cccc2c1Cc1ccccc1-2. The summed E-state index contributed by atoms with van der Waals surface area (Å²) in [5, 5.41) is 0. The molecule has 0 saturated carbocycles. The third kappa shape index (κ3) is 10.0. The summed E-state index contributed by atoms with van der Waals surface area (Å²) in [6.07, 6.45) is 2.22. The number of benzene rings is 6. The molecule has 6 aromatic carbocycles. The molecule has 44 heavy (non-hydrogen) atoms. The fourth-order valence-electron chi connectivity index (χ4n) is 4.95. The molecule has 2 heteroatoms. The first-order valence-electron chi connectivity index (χ1n) is 14.8. The van der Waals surface area contributed by atoms with Gasteiger partial charge >= 0.3 is 38.5 Å². The summed E-state index contributed by atoms with van der Waals surface area (Å²) in [5.74, 6) is 0. The van der Waals surface area contributed by atoms with Crippen LogP contribution < -0.4 is 0 Å². The molecule has 0 amide bonds. The predicted octanol–water partition coefficient (Wildman–Crippen LogP) is 10.6. The molecule has 0 aliphatic heterocycles. The topological polar surface area (TPSA) is 0 Å². The molecule has 0 aromatic heterocycles. The Morgan fingerprint density at radius 1 is 0.477 bits per heavy atom. The normalized spacial score (nSPS) is 10.6. The first kappa shape index (κ1) is 32.9. The Bertz CT molecular complexity index is 1540. The van der Waals surface area contributed by atoms with Gasteiger partial charge in [-0.1, -0.05) is 82.9 Å². The van der Waals surface area contributed by atoms with Crippen LogP contribution in [-0.4, -0.2) is 6.19 Å². The van der Waals surface area contributed by atoms with Crippen LogP contribution in [0.5, 0.6) is 0 Å². The largest absolute Gasteiger partial charge is 0.199 e. The van der Waals surface area contributed by atoms with Crippen molar-refractivity contribution < 1.29 is 19.2 Å². The fourth-order valence-corrected chi connectivity index (χ4v) is 4.95. The molecule has 0 N–H and O–H groups in total. The van der Waals surface area contributed by atoms with Gasteiger partial charge in [0.25, 0.3) is 0 Å². The van der Waals surface area contributed by atoms with Gasteiger partial charge in [-0.15, -0.1) is 35.4 Å². The molecule has 218 valence electrons. The summed E-state index contributed by atoms with van der Waals surface area (Å²) in [5.41, 5.74) is 13.2. The number of fused-ring (bicyclic) bond motifs is 6. The average Bonchev–Trinajstić information content (AvgIpc) is 3.61. The van der Waals surface area contributed by atoms with Crippen molar-refractivity contribution in [3.8, 4) is 22.3 Å². The monoisotopic (exact) mass is 618 g/mol. The van der Waals surface area contributed by atoms with Crippen molar-refractivity contribution >= 4 is 6.19 Å². The molecule has 0 heterocycles. The van der Waals surface area contributed by atoms with Gasteiger partial charge < -0.3 is 0 Å². The van der Waals surface area contributed by atoms with Gasteiger partial charge in [-0.3, -0.25) is 0 Å². The van der Waals surface area contributed by atoms with Crippen molar-refractivity contribution in [2.45, 2.75) is 25.9 Å². The Morgan fingerprint density at radius 3 is 1.14 bits per heavy atom. The van der Waals surface area contributed by atoms with Gasteiger partial charge in [-0.2, -0.15) is 109 Å². The van der Waals surface area contributed by atoms with Crippen LogP contribution in [0, 0.1) is 26.0 Å². The third-order valence-electron chi connectivity index (χ3n) is 6.92. The summed E-state index contributed by atoms with van der Waals surface area (Å²) in [7, 11) is 0. The Hall–Kier alpha value is -4.01. The van der Waals surface area contributed by atoms with Crippen molar-refractivity contribution in [3.05, 3.63) is 205 Å². The van der Waals surface area contributed by atoms with Gasteiger partial charge in [-0.05, 0) is 12.8 Å². The maximum absolute atomic E-state index is 3.72. The van der Waals surface area contributed by atoms with E-state index in [1.54, 1.807) is 0 Å². The minimum atomic E-state index is 0.120. The second kappa shape index (κ2) is 17.3. The fraction of sp³-hybridized carbons (Fsp3) is 0.0952. The minimum absolute atomic E-state index is 0.120. The zero-order chi connectivity index (χ0) is 31.1. The molecule has 6 aromatic rings. The Morgan fingerprint density at radius 2 is 0.795 bits per heavy atom. The van der Waals surface area contributed by atoms with E-state index in [0.29, 0.717) is 0 Å². The summed E-state index contributed by atoms with van der Waals surface area (Å²) < 4.78 is 0. The third-order valence-corrected chi connectivity index (χ3v) is 6.92.